The second-order valence-corrected chi connectivity index (χ2v) is 6.71. The van der Waals surface area contributed by atoms with Crippen molar-refractivity contribution in [3.63, 3.8) is 0 Å². The molecule has 0 radical (unpaired) electrons. The highest BCUT2D eigenvalue weighted by Crippen LogP contribution is 2.25. The zero-order valence-electron chi connectivity index (χ0n) is 15.4. The summed E-state index contributed by atoms with van der Waals surface area (Å²) in [4.78, 5) is 14.9. The highest BCUT2D eigenvalue weighted by Gasteiger charge is 2.26. The van der Waals surface area contributed by atoms with Gasteiger partial charge in [-0.2, -0.15) is 0 Å². The topological polar surface area (TPSA) is 54.7 Å². The molecule has 0 unspecified atom stereocenters. The molecule has 0 saturated carbocycles. The average Bonchev–Trinajstić information content (AvgIpc) is 3.37. The summed E-state index contributed by atoms with van der Waals surface area (Å²) in [5, 5.41) is 3.05. The maximum absolute atomic E-state index is 12.5. The molecular formula is C21H28N2O3. The van der Waals surface area contributed by atoms with Gasteiger partial charge in [-0.3, -0.25) is 9.69 Å². The molecule has 26 heavy (non-hydrogen) atoms. The number of nitrogens with zero attached hydrogens (tertiary/aromatic N) is 1. The molecule has 3 rings (SSSR count). The van der Waals surface area contributed by atoms with E-state index in [9.17, 15) is 4.79 Å². The lowest BCUT2D eigenvalue weighted by molar-refractivity contribution is 0.0933. The van der Waals surface area contributed by atoms with E-state index in [1.54, 1.807) is 6.26 Å². The molecule has 1 N–H and O–H groups in total. The first-order chi connectivity index (χ1) is 12.8. The predicted octanol–water partition coefficient (Wildman–Crippen LogP) is 4.03. The van der Waals surface area contributed by atoms with Crippen LogP contribution in [0.4, 0.5) is 0 Å². The van der Waals surface area contributed by atoms with Crippen LogP contribution in [0.25, 0.3) is 0 Å². The van der Waals surface area contributed by atoms with Crippen LogP contribution in [0, 0.1) is 0 Å². The first-order valence-corrected chi connectivity index (χ1v) is 9.56. The third kappa shape index (κ3) is 4.88. The number of unbranched alkanes of at least 4 members (excludes halogenated alkanes) is 1. The number of likely N-dealkylation sites (tertiary alicyclic amines) is 1. The summed E-state index contributed by atoms with van der Waals surface area (Å²) in [6.45, 7) is 5.48. The van der Waals surface area contributed by atoms with E-state index in [-0.39, 0.29) is 11.9 Å². The molecule has 5 nitrogen and oxygen atoms in total. The third-order valence-corrected chi connectivity index (χ3v) is 4.79. The molecular weight excluding hydrogens is 328 g/mol. The Labute approximate surface area is 155 Å². The van der Waals surface area contributed by atoms with Crippen LogP contribution in [0.2, 0.25) is 0 Å². The van der Waals surface area contributed by atoms with Gasteiger partial charge in [0, 0.05) is 12.1 Å². The summed E-state index contributed by atoms with van der Waals surface area (Å²) in [6, 6.07) is 11.3. The predicted molar refractivity (Wildman–Crippen MR) is 101 cm³/mol. The molecule has 1 aliphatic rings. The number of carbonyl (C=O) groups excluding carboxylic acids is 1. The fraction of sp³-hybridized carbons (Fsp3) is 0.476. The standard InChI is InChI=1S/C21H28N2O3/c1-2-3-14-25-18-10-8-17(9-11-18)21(24)22-16-19(20-7-6-15-26-20)23-12-4-5-13-23/h6-11,15,19H,2-5,12-14,16H2,1H3,(H,22,24)/t19-/m1/s1. The lowest BCUT2D eigenvalue weighted by Crippen LogP contribution is -2.36. The molecule has 140 valence electrons. The number of hydrogen-bond acceptors (Lipinski definition) is 4. The Morgan fingerprint density at radius 2 is 2.00 bits per heavy atom. The Bertz CT molecular complexity index is 661. The van der Waals surface area contributed by atoms with E-state index in [1.807, 2.05) is 36.4 Å². The van der Waals surface area contributed by atoms with Crippen molar-refractivity contribution < 1.29 is 13.9 Å². The molecule has 1 fully saturated rings. The minimum absolute atomic E-state index is 0.0686. The molecule has 1 atom stereocenters. The normalized spacial score (nSPS) is 15.7. The second-order valence-electron chi connectivity index (χ2n) is 6.71. The van der Waals surface area contributed by atoms with E-state index in [2.05, 4.69) is 17.1 Å². The summed E-state index contributed by atoms with van der Waals surface area (Å²) in [5.41, 5.74) is 0.646. The van der Waals surface area contributed by atoms with Gasteiger partial charge in [-0.05, 0) is 68.8 Å². The van der Waals surface area contributed by atoms with Gasteiger partial charge in [0.1, 0.15) is 11.5 Å². The largest absolute Gasteiger partial charge is 0.494 e. The fourth-order valence-corrected chi connectivity index (χ4v) is 3.27. The number of ether oxygens (including phenoxy) is 1. The number of carbonyl (C=O) groups is 1. The van der Waals surface area contributed by atoms with Crippen molar-refractivity contribution in [3.8, 4) is 5.75 Å². The van der Waals surface area contributed by atoms with E-state index in [0.29, 0.717) is 18.7 Å². The maximum atomic E-state index is 12.5. The zero-order chi connectivity index (χ0) is 18.2. The molecule has 1 saturated heterocycles. The van der Waals surface area contributed by atoms with E-state index in [1.165, 1.54) is 12.8 Å². The third-order valence-electron chi connectivity index (χ3n) is 4.79. The van der Waals surface area contributed by atoms with Crippen LogP contribution in [-0.4, -0.2) is 37.0 Å². The quantitative estimate of drug-likeness (QED) is 0.689. The molecule has 2 heterocycles. The first kappa shape index (κ1) is 18.5. The number of benzene rings is 1. The van der Waals surface area contributed by atoms with Gasteiger partial charge in [0.2, 0.25) is 0 Å². The van der Waals surface area contributed by atoms with Crippen LogP contribution >= 0.6 is 0 Å². The van der Waals surface area contributed by atoms with Crippen molar-refractivity contribution in [2.45, 2.75) is 38.6 Å². The highest BCUT2D eigenvalue weighted by atomic mass is 16.5. The minimum atomic E-state index is -0.0686. The lowest BCUT2D eigenvalue weighted by atomic mass is 10.1. The number of rotatable bonds is 9. The van der Waals surface area contributed by atoms with Crippen LogP contribution < -0.4 is 10.1 Å². The maximum Gasteiger partial charge on any atom is 0.251 e. The molecule has 5 heteroatoms. The molecule has 1 amide bonds. The molecule has 0 bridgehead atoms. The number of amides is 1. The summed E-state index contributed by atoms with van der Waals surface area (Å²) < 4.78 is 11.2. The van der Waals surface area contributed by atoms with Crippen molar-refractivity contribution in [1.29, 1.82) is 0 Å². The summed E-state index contributed by atoms with van der Waals surface area (Å²) in [7, 11) is 0. The Kier molecular flexibility index (Phi) is 6.72. The second kappa shape index (κ2) is 9.43. The van der Waals surface area contributed by atoms with Crippen molar-refractivity contribution in [2.75, 3.05) is 26.2 Å². The Morgan fingerprint density at radius 3 is 2.65 bits per heavy atom. The summed E-state index contributed by atoms with van der Waals surface area (Å²) >= 11 is 0. The molecule has 0 aliphatic carbocycles. The molecule has 0 spiro atoms. The van der Waals surface area contributed by atoms with E-state index >= 15 is 0 Å². The smallest absolute Gasteiger partial charge is 0.251 e. The monoisotopic (exact) mass is 356 g/mol. The van der Waals surface area contributed by atoms with Gasteiger partial charge in [0.05, 0.1) is 18.9 Å². The minimum Gasteiger partial charge on any atom is -0.494 e. The van der Waals surface area contributed by atoms with Crippen molar-refractivity contribution >= 4 is 5.91 Å². The van der Waals surface area contributed by atoms with Gasteiger partial charge in [0.25, 0.3) is 5.91 Å². The van der Waals surface area contributed by atoms with Crippen molar-refractivity contribution in [1.82, 2.24) is 10.2 Å². The van der Waals surface area contributed by atoms with Gasteiger partial charge in [-0.1, -0.05) is 13.3 Å². The fourth-order valence-electron chi connectivity index (χ4n) is 3.27. The van der Waals surface area contributed by atoms with Gasteiger partial charge in [-0.15, -0.1) is 0 Å². The molecule has 1 aliphatic heterocycles. The van der Waals surface area contributed by atoms with E-state index in [0.717, 1.165) is 37.4 Å². The van der Waals surface area contributed by atoms with Crippen LogP contribution in [0.1, 0.15) is 54.8 Å². The average molecular weight is 356 g/mol. The molecule has 1 aromatic heterocycles. The lowest BCUT2D eigenvalue weighted by Gasteiger charge is -2.26. The van der Waals surface area contributed by atoms with Crippen LogP contribution in [0.15, 0.2) is 47.1 Å². The number of furan rings is 1. The Balaban J connectivity index is 1.56. The number of nitrogens with one attached hydrogen (secondary N) is 1. The zero-order valence-corrected chi connectivity index (χ0v) is 15.4. The number of hydrogen-bond donors (Lipinski definition) is 1. The van der Waals surface area contributed by atoms with Crippen molar-refractivity contribution in [3.05, 3.63) is 54.0 Å². The molecule has 1 aromatic carbocycles. The van der Waals surface area contributed by atoms with E-state index in [4.69, 9.17) is 9.15 Å². The van der Waals surface area contributed by atoms with Crippen LogP contribution in [-0.2, 0) is 0 Å². The van der Waals surface area contributed by atoms with Gasteiger partial charge in [-0.25, -0.2) is 0 Å². The SMILES string of the molecule is CCCCOc1ccc(C(=O)NC[C@H](c2ccco2)N2CCCC2)cc1. The van der Waals surface area contributed by atoms with Crippen LogP contribution in [0.5, 0.6) is 5.75 Å². The molecule has 2 aromatic rings. The van der Waals surface area contributed by atoms with Gasteiger partial charge >= 0.3 is 0 Å². The van der Waals surface area contributed by atoms with Crippen molar-refractivity contribution in [2.24, 2.45) is 0 Å². The van der Waals surface area contributed by atoms with Gasteiger partial charge in [0.15, 0.2) is 0 Å². The van der Waals surface area contributed by atoms with Crippen LogP contribution in [0.3, 0.4) is 0 Å². The first-order valence-electron chi connectivity index (χ1n) is 9.56. The Morgan fingerprint density at radius 1 is 1.23 bits per heavy atom. The van der Waals surface area contributed by atoms with Gasteiger partial charge < -0.3 is 14.5 Å². The van der Waals surface area contributed by atoms with E-state index < -0.39 is 0 Å². The summed E-state index contributed by atoms with van der Waals surface area (Å²) in [5.74, 6) is 1.65. The highest BCUT2D eigenvalue weighted by molar-refractivity contribution is 5.94. The summed E-state index contributed by atoms with van der Waals surface area (Å²) in [6.07, 6.45) is 6.23. The Hall–Kier alpha value is -2.27.